The van der Waals surface area contributed by atoms with Crippen LogP contribution in [0.15, 0.2) is 71.8 Å². The maximum absolute atomic E-state index is 13.5. The number of ether oxygens (including phenoxy) is 1. The van der Waals surface area contributed by atoms with Gasteiger partial charge >= 0.3 is 0 Å². The number of aromatic nitrogens is 1. The molecule has 1 aliphatic heterocycles. The Hall–Kier alpha value is -3.00. The molecule has 1 fully saturated rings. The van der Waals surface area contributed by atoms with Crippen LogP contribution in [0.25, 0.3) is 22.0 Å². The number of amides is 1. The molecule has 0 aliphatic carbocycles. The normalized spacial score (nSPS) is 22.8. The predicted octanol–water partition coefficient (Wildman–Crippen LogP) is 2.60. The molecule has 5 N–H and O–H groups in total. The minimum Gasteiger partial charge on any atom is -0.394 e. The van der Waals surface area contributed by atoms with E-state index in [1.807, 2.05) is 10.6 Å². The molecule has 0 bridgehead atoms. The molecule has 3 aromatic carbocycles. The number of hydrogen-bond acceptors (Lipinski definition) is 8. The summed E-state index contributed by atoms with van der Waals surface area (Å²) in [6, 6.07) is 15.7. The van der Waals surface area contributed by atoms with Crippen molar-refractivity contribution in [2.45, 2.75) is 42.1 Å². The van der Waals surface area contributed by atoms with Gasteiger partial charge in [0.15, 0.2) is 16.1 Å². The van der Waals surface area contributed by atoms with Crippen molar-refractivity contribution in [2.75, 3.05) is 12.9 Å². The van der Waals surface area contributed by atoms with Gasteiger partial charge in [-0.15, -0.1) is 0 Å². The number of aliphatic hydroxyl groups excluding tert-OH is 4. The number of rotatable bonds is 7. The van der Waals surface area contributed by atoms with Gasteiger partial charge in [-0.05, 0) is 47.0 Å². The Labute approximate surface area is 251 Å². The fourth-order valence-corrected chi connectivity index (χ4v) is 5.95. The third-order valence-electron chi connectivity index (χ3n) is 7.28. The number of nitrogens with one attached hydrogen (secondary N) is 1. The van der Waals surface area contributed by atoms with Crippen LogP contribution in [0, 0.1) is 0 Å². The molecule has 4 aromatic rings. The van der Waals surface area contributed by atoms with Crippen LogP contribution in [0.5, 0.6) is 0 Å². The summed E-state index contributed by atoms with van der Waals surface area (Å²) in [6.07, 6.45) is -3.25. The molecule has 5 rings (SSSR count). The summed E-state index contributed by atoms with van der Waals surface area (Å²) in [6.45, 7) is -0.316. The van der Waals surface area contributed by atoms with Crippen molar-refractivity contribution in [3.63, 3.8) is 0 Å². The molecule has 1 aromatic heterocycles. The maximum atomic E-state index is 13.5. The summed E-state index contributed by atoms with van der Waals surface area (Å²) in [5.41, 5.74) is 3.23. The highest BCUT2D eigenvalue weighted by molar-refractivity contribution is 7.90. The van der Waals surface area contributed by atoms with Gasteiger partial charge in [-0.2, -0.15) is 0 Å². The van der Waals surface area contributed by atoms with E-state index in [-0.39, 0.29) is 10.5 Å². The molecule has 222 valence electrons. The van der Waals surface area contributed by atoms with E-state index in [4.69, 9.17) is 27.9 Å². The van der Waals surface area contributed by atoms with Crippen molar-refractivity contribution in [3.05, 3.63) is 88.0 Å². The quantitative estimate of drug-likeness (QED) is 0.207. The first-order valence-corrected chi connectivity index (χ1v) is 15.5. The first kappa shape index (κ1) is 30.5. The lowest BCUT2D eigenvalue weighted by atomic mass is 9.96. The van der Waals surface area contributed by atoms with Gasteiger partial charge in [0, 0.05) is 29.9 Å². The van der Waals surface area contributed by atoms with E-state index in [0.717, 1.165) is 22.9 Å². The van der Waals surface area contributed by atoms with E-state index in [0.29, 0.717) is 27.5 Å². The van der Waals surface area contributed by atoms with Crippen LogP contribution in [-0.2, 0) is 21.1 Å². The van der Waals surface area contributed by atoms with Crippen molar-refractivity contribution < 1.29 is 38.4 Å². The molecule has 0 saturated carbocycles. The number of carbonyl (C=O) groups excluding carboxylic acids is 1. The molecule has 1 saturated heterocycles. The van der Waals surface area contributed by atoms with Gasteiger partial charge in [-0.25, -0.2) is 8.42 Å². The Bertz CT molecular complexity index is 1740. The fourth-order valence-electron chi connectivity index (χ4n) is 4.99. The molecule has 1 aliphatic rings. The average molecular weight is 636 g/mol. The van der Waals surface area contributed by atoms with Crippen molar-refractivity contribution in [1.29, 1.82) is 0 Å². The second-order valence-corrected chi connectivity index (χ2v) is 13.0. The van der Waals surface area contributed by atoms with Gasteiger partial charge in [0.1, 0.15) is 24.4 Å². The monoisotopic (exact) mass is 634 g/mol. The molecule has 0 spiro atoms. The number of halogens is 2. The molecule has 13 heteroatoms. The van der Waals surface area contributed by atoms with Gasteiger partial charge in [-0.3, -0.25) is 4.79 Å². The molecule has 1 amide bonds. The summed E-state index contributed by atoms with van der Waals surface area (Å²) in [5, 5.41) is 44.3. The number of carbonyl (C=O) groups is 1. The number of nitrogens with zero attached hydrogens (tertiary/aromatic N) is 1. The van der Waals surface area contributed by atoms with Crippen LogP contribution in [-0.4, -0.2) is 82.8 Å². The summed E-state index contributed by atoms with van der Waals surface area (Å²) < 4.78 is 30.8. The highest BCUT2D eigenvalue weighted by Crippen LogP contribution is 2.31. The highest BCUT2D eigenvalue weighted by Gasteiger charge is 2.44. The molecular weight excluding hydrogens is 607 g/mol. The van der Waals surface area contributed by atoms with Crippen molar-refractivity contribution in [1.82, 2.24) is 9.88 Å². The standard InChI is InChI=1S/C29H28Cl2N2O8S/c1-42(39,40)18-6-3-16(4-7-18)17-5-8-19-20(28(37)32-25-27(36)26(35)24(14-34)41-29(25)38)13-33(23(19)11-17)12-15-2-9-21(30)22(31)10-15/h2-11,13,24-27,29,34-36,38H,12,14H2,1H3,(H,32,37)/t24?,25-,26-,27-,29?/m1/s1. The average Bonchev–Trinajstić information content (AvgIpc) is 3.32. The van der Waals surface area contributed by atoms with E-state index in [1.165, 1.54) is 12.1 Å². The minimum absolute atomic E-state index is 0.195. The van der Waals surface area contributed by atoms with Crippen LogP contribution in [0.1, 0.15) is 15.9 Å². The van der Waals surface area contributed by atoms with E-state index in [1.54, 1.807) is 48.7 Å². The number of benzene rings is 3. The zero-order chi connectivity index (χ0) is 30.3. The second-order valence-electron chi connectivity index (χ2n) is 10.2. The largest absolute Gasteiger partial charge is 0.394 e. The van der Waals surface area contributed by atoms with Crippen molar-refractivity contribution in [2.24, 2.45) is 0 Å². The molecule has 5 atom stereocenters. The fraction of sp³-hybridized carbons (Fsp3) is 0.276. The smallest absolute Gasteiger partial charge is 0.253 e. The summed E-state index contributed by atoms with van der Waals surface area (Å²) in [4.78, 5) is 13.7. The van der Waals surface area contributed by atoms with Gasteiger partial charge in [0.2, 0.25) is 0 Å². The van der Waals surface area contributed by atoms with E-state index >= 15 is 0 Å². The summed E-state index contributed by atoms with van der Waals surface area (Å²) in [5.74, 6) is -0.639. The lowest BCUT2D eigenvalue weighted by Gasteiger charge is -2.40. The zero-order valence-electron chi connectivity index (χ0n) is 22.2. The predicted molar refractivity (Wildman–Crippen MR) is 157 cm³/mol. The Morgan fingerprint density at radius 1 is 0.952 bits per heavy atom. The van der Waals surface area contributed by atoms with Gasteiger partial charge in [0.05, 0.1) is 27.1 Å². The molecule has 10 nitrogen and oxygen atoms in total. The molecule has 0 radical (unpaired) electrons. The second kappa shape index (κ2) is 11.9. The SMILES string of the molecule is CS(=O)(=O)c1ccc(-c2ccc3c(C(=O)N[C@H]4C(O)OC(CO)[C@@H](O)[C@@H]4O)cn(Cc4ccc(Cl)c(Cl)c4)c3c2)cc1. The molecule has 2 heterocycles. The maximum Gasteiger partial charge on any atom is 0.253 e. The van der Waals surface area contributed by atoms with Crippen molar-refractivity contribution >= 4 is 49.8 Å². The Morgan fingerprint density at radius 3 is 2.29 bits per heavy atom. The third kappa shape index (κ3) is 6.05. The lowest BCUT2D eigenvalue weighted by Crippen LogP contribution is -2.64. The van der Waals surface area contributed by atoms with Crippen LogP contribution in [0.3, 0.4) is 0 Å². The lowest BCUT2D eigenvalue weighted by molar-refractivity contribution is -0.252. The summed E-state index contributed by atoms with van der Waals surface area (Å²) in [7, 11) is -3.36. The molecular formula is C29H28Cl2N2O8S. The first-order valence-electron chi connectivity index (χ1n) is 12.9. The van der Waals surface area contributed by atoms with Crippen LogP contribution in [0.4, 0.5) is 0 Å². The number of aliphatic hydroxyl groups is 4. The summed E-state index contributed by atoms with van der Waals surface area (Å²) >= 11 is 12.3. The third-order valence-corrected chi connectivity index (χ3v) is 9.15. The first-order chi connectivity index (χ1) is 19.9. The Balaban J connectivity index is 1.53. The molecule has 2 unspecified atom stereocenters. The van der Waals surface area contributed by atoms with E-state index < -0.39 is 53.0 Å². The Kier molecular flexibility index (Phi) is 8.66. The number of sulfone groups is 1. The number of fused-ring (bicyclic) bond motifs is 1. The topological polar surface area (TPSA) is 158 Å². The van der Waals surface area contributed by atoms with Crippen LogP contribution >= 0.6 is 23.2 Å². The highest BCUT2D eigenvalue weighted by atomic mass is 35.5. The van der Waals surface area contributed by atoms with E-state index in [9.17, 15) is 33.6 Å². The molecule has 42 heavy (non-hydrogen) atoms. The minimum atomic E-state index is -3.36. The van der Waals surface area contributed by atoms with Crippen molar-refractivity contribution in [3.8, 4) is 11.1 Å². The zero-order valence-corrected chi connectivity index (χ0v) is 24.5. The van der Waals surface area contributed by atoms with Gasteiger partial charge < -0.3 is 35.0 Å². The Morgan fingerprint density at radius 2 is 1.64 bits per heavy atom. The van der Waals surface area contributed by atoms with Gasteiger partial charge in [-0.1, -0.05) is 53.5 Å². The number of hydrogen-bond donors (Lipinski definition) is 5. The van der Waals surface area contributed by atoms with Gasteiger partial charge in [0.25, 0.3) is 5.91 Å². The van der Waals surface area contributed by atoms with Crippen LogP contribution < -0.4 is 5.32 Å². The van der Waals surface area contributed by atoms with Crippen LogP contribution in [0.2, 0.25) is 10.0 Å². The van der Waals surface area contributed by atoms with E-state index in [2.05, 4.69) is 5.32 Å².